The second-order valence-electron chi connectivity index (χ2n) is 11.3. The molecule has 0 unspecified atom stereocenters. The third-order valence-corrected chi connectivity index (χ3v) is 10.1. The van der Waals surface area contributed by atoms with Crippen LogP contribution in [-0.4, -0.2) is 43.3 Å². The van der Waals surface area contributed by atoms with Gasteiger partial charge in [-0.1, -0.05) is 111 Å². The van der Waals surface area contributed by atoms with E-state index in [-0.39, 0.29) is 11.9 Å². The molecule has 0 aliphatic heterocycles. The van der Waals surface area contributed by atoms with Crippen LogP contribution in [0, 0.1) is 3.57 Å². The molecule has 0 atom stereocenters. The van der Waals surface area contributed by atoms with E-state index in [0.717, 1.165) is 61.9 Å². The van der Waals surface area contributed by atoms with Crippen molar-refractivity contribution in [2.75, 3.05) is 14.2 Å². The van der Waals surface area contributed by atoms with Crippen LogP contribution in [0.2, 0.25) is 0 Å². The fourth-order valence-corrected chi connectivity index (χ4v) is 7.00. The molecular weight excluding hydrogens is 906 g/mol. The molecule has 6 aromatic carbocycles. The van der Waals surface area contributed by atoms with E-state index in [2.05, 4.69) is 59.2 Å². The van der Waals surface area contributed by atoms with Crippen molar-refractivity contribution < 1.29 is 37.9 Å². The second kappa shape index (κ2) is 16.5. The fourth-order valence-electron chi connectivity index (χ4n) is 5.73. The number of para-hydroxylation sites is 4. The lowest BCUT2D eigenvalue weighted by molar-refractivity contribution is 0.0591. The number of hydrogen-bond acceptors (Lipinski definition) is 8. The predicted molar refractivity (Wildman–Crippen MR) is 220 cm³/mol. The van der Waals surface area contributed by atoms with Gasteiger partial charge in [0.2, 0.25) is 0 Å². The number of carbonyl (C=O) groups is 2. The van der Waals surface area contributed by atoms with Gasteiger partial charge in [-0.25, -0.2) is 9.59 Å². The van der Waals surface area contributed by atoms with E-state index in [0.29, 0.717) is 22.2 Å². The zero-order valence-electron chi connectivity index (χ0n) is 27.6. The molecule has 12 heteroatoms. The van der Waals surface area contributed by atoms with Gasteiger partial charge in [-0.3, -0.25) is 0 Å². The minimum atomic E-state index is -1.51. The molecule has 2 N–H and O–H groups in total. The summed E-state index contributed by atoms with van der Waals surface area (Å²) in [7, 11) is 1.25. The van der Waals surface area contributed by atoms with Crippen LogP contribution in [0.25, 0.3) is 55.0 Å². The van der Waals surface area contributed by atoms with Crippen molar-refractivity contribution in [2.45, 2.75) is 0 Å². The molecule has 0 bridgehead atoms. The van der Waals surface area contributed by atoms with Crippen LogP contribution < -0.4 is 5.46 Å². The Morgan fingerprint density at radius 3 is 1.71 bits per heavy atom. The van der Waals surface area contributed by atoms with Crippen molar-refractivity contribution in [1.29, 1.82) is 0 Å². The highest BCUT2D eigenvalue weighted by atomic mass is 127. The molecule has 0 saturated heterocycles. The highest BCUT2D eigenvalue weighted by molar-refractivity contribution is 14.1. The first-order valence-corrected chi connectivity index (χ1v) is 18.4. The number of furan rings is 2. The highest BCUT2D eigenvalue weighted by Gasteiger charge is 2.20. The number of methoxy groups -OCH3 is 2. The molecule has 0 saturated carbocycles. The van der Waals surface area contributed by atoms with Crippen molar-refractivity contribution >= 4 is 123 Å². The lowest BCUT2D eigenvalue weighted by Crippen LogP contribution is -2.29. The van der Waals surface area contributed by atoms with Crippen LogP contribution in [0.5, 0.6) is 0 Å². The number of fused-ring (bicyclic) bond motifs is 6. The van der Waals surface area contributed by atoms with Gasteiger partial charge < -0.3 is 28.4 Å². The summed E-state index contributed by atoms with van der Waals surface area (Å²) in [4.78, 5) is 23.3. The minimum absolute atomic E-state index is 0.305. The minimum Gasteiger partial charge on any atom is -0.465 e. The normalized spacial score (nSPS) is 10.8. The predicted octanol–water partition coefficient (Wildman–Crippen LogP) is 9.91. The molecule has 0 fully saturated rings. The lowest BCUT2D eigenvalue weighted by atomic mass is 9.79. The van der Waals surface area contributed by atoms with Gasteiger partial charge in [-0.15, -0.1) is 0 Å². The summed E-state index contributed by atoms with van der Waals surface area (Å²) >= 11 is 8.79. The average Bonchev–Trinajstić information content (AvgIpc) is 3.74. The topological polar surface area (TPSA) is 119 Å². The van der Waals surface area contributed by atoms with Gasteiger partial charge >= 0.3 is 19.1 Å². The van der Waals surface area contributed by atoms with E-state index in [1.165, 1.54) is 14.2 Å². The summed E-state index contributed by atoms with van der Waals surface area (Å²) in [6.07, 6.45) is 0. The molecule has 260 valence electrons. The zero-order chi connectivity index (χ0) is 36.9. The Bertz CT molecular complexity index is 2580. The van der Waals surface area contributed by atoms with Gasteiger partial charge in [-0.2, -0.15) is 0 Å². The Labute approximate surface area is 328 Å². The first-order valence-electron chi connectivity index (χ1n) is 15.7. The van der Waals surface area contributed by atoms with Crippen LogP contribution in [-0.2, 0) is 9.47 Å². The number of halogens is 3. The fraction of sp³-hybridized carbons (Fsp3) is 0.0500. The summed E-state index contributed by atoms with van der Waals surface area (Å²) in [5.41, 5.74) is 6.04. The highest BCUT2D eigenvalue weighted by Crippen LogP contribution is 2.37. The van der Waals surface area contributed by atoms with Crippen LogP contribution in [0.3, 0.4) is 0 Å². The smallest absolute Gasteiger partial charge is 0.465 e. The first kappa shape index (κ1) is 37.3. The molecule has 0 amide bonds. The average molecular weight is 934 g/mol. The number of rotatable bonds is 4. The van der Waals surface area contributed by atoms with Crippen molar-refractivity contribution in [3.8, 4) is 11.1 Å². The van der Waals surface area contributed by atoms with Crippen molar-refractivity contribution in [3.63, 3.8) is 0 Å². The molecule has 0 aliphatic carbocycles. The Balaban J connectivity index is 0.000000144. The van der Waals surface area contributed by atoms with Crippen LogP contribution in [0.15, 0.2) is 139 Å². The Kier molecular flexibility index (Phi) is 11.8. The van der Waals surface area contributed by atoms with Crippen LogP contribution in [0.1, 0.15) is 20.7 Å². The van der Waals surface area contributed by atoms with Crippen molar-refractivity contribution in [1.82, 2.24) is 0 Å². The quantitative estimate of drug-likeness (QED) is 0.102. The molecule has 0 radical (unpaired) electrons. The van der Waals surface area contributed by atoms with E-state index in [1.807, 2.05) is 97.1 Å². The zero-order valence-corrected chi connectivity index (χ0v) is 32.9. The molecule has 2 heterocycles. The van der Waals surface area contributed by atoms with E-state index in [4.69, 9.17) is 13.6 Å². The summed E-state index contributed by atoms with van der Waals surface area (Å²) in [6, 6.07) is 37.9. The molecule has 2 aromatic heterocycles. The van der Waals surface area contributed by atoms with Crippen LogP contribution >= 0.6 is 54.5 Å². The van der Waals surface area contributed by atoms with E-state index in [9.17, 15) is 19.6 Å². The molecule has 52 heavy (non-hydrogen) atoms. The van der Waals surface area contributed by atoms with Gasteiger partial charge in [0.15, 0.2) is 0 Å². The van der Waals surface area contributed by atoms with Crippen LogP contribution in [0.4, 0.5) is 0 Å². The largest absolute Gasteiger partial charge is 0.492 e. The number of hydrogen-bond donors (Lipinski definition) is 2. The lowest BCUT2D eigenvalue weighted by Gasteiger charge is -2.09. The van der Waals surface area contributed by atoms with E-state index in [1.54, 1.807) is 24.3 Å². The third kappa shape index (κ3) is 7.81. The SMILES string of the molecule is COC(=O)c1cc(Br)ccc1-c1cccc2c1oc1ccccc12.COC(=O)c1cc(Br)ccc1I.OB(O)c1cccc2c1oc1ccccc12. The van der Waals surface area contributed by atoms with E-state index >= 15 is 0 Å². The maximum absolute atomic E-state index is 12.2. The van der Waals surface area contributed by atoms with Gasteiger partial charge in [-0.05, 0) is 70.6 Å². The monoisotopic (exact) mass is 932 g/mol. The number of esters is 2. The van der Waals surface area contributed by atoms with Gasteiger partial charge in [0.1, 0.15) is 22.3 Å². The number of benzene rings is 6. The summed E-state index contributed by atoms with van der Waals surface area (Å²) in [5, 5.41) is 22.5. The number of ether oxygens (including phenoxy) is 2. The maximum Gasteiger partial charge on any atom is 0.492 e. The molecule has 8 rings (SSSR count). The number of carbonyl (C=O) groups excluding carboxylic acids is 2. The summed E-state index contributed by atoms with van der Waals surface area (Å²) in [6.45, 7) is 0. The first-order chi connectivity index (χ1) is 25.1. The Hall–Kier alpha value is -4.47. The van der Waals surface area contributed by atoms with Gasteiger partial charge in [0.05, 0.1) is 25.3 Å². The molecular formula is C40H28BBr2IO8. The van der Waals surface area contributed by atoms with Crippen molar-refractivity contribution in [2.24, 2.45) is 0 Å². The Morgan fingerprint density at radius 1 is 0.596 bits per heavy atom. The summed E-state index contributed by atoms with van der Waals surface area (Å²) in [5.74, 6) is -0.680. The van der Waals surface area contributed by atoms with Gasteiger partial charge in [0, 0.05) is 45.1 Å². The molecule has 0 aliphatic rings. The standard InChI is InChI=1S/C20H13BrO3.C12H9BO3.C8H6BrIO2/c1-23-20(22)17-11-12(21)9-10-13(17)15-6-4-7-16-14-5-2-3-8-18(14)24-19(15)16;14-13(15)10-6-3-5-9-8-4-1-2-7-11(8)16-12(9)10;1-12-8(11)6-4-5(9)2-3-7(6)10/h2-11H,1H3;1-7,14-15H;2-4H,1H3. The van der Waals surface area contributed by atoms with Crippen molar-refractivity contribution in [3.05, 3.63) is 145 Å². The van der Waals surface area contributed by atoms with Gasteiger partial charge in [0.25, 0.3) is 0 Å². The molecule has 8 aromatic rings. The molecule has 8 nitrogen and oxygen atoms in total. The maximum atomic E-state index is 12.2. The summed E-state index contributed by atoms with van der Waals surface area (Å²) < 4.78 is 23.8. The second-order valence-corrected chi connectivity index (χ2v) is 14.3. The molecule has 0 spiro atoms. The van der Waals surface area contributed by atoms with E-state index < -0.39 is 7.12 Å². The third-order valence-electron chi connectivity index (χ3n) is 8.13. The Morgan fingerprint density at radius 2 is 1.10 bits per heavy atom.